The van der Waals surface area contributed by atoms with E-state index in [-0.39, 0.29) is 5.04 Å². The monoisotopic (exact) mass is 744 g/mol. The Kier molecular flexibility index (Phi) is 20.6. The number of hydrogen-bond donors (Lipinski definition) is 0. The highest BCUT2D eigenvalue weighted by atomic mass is 28.4. The molecule has 5 nitrogen and oxygen atoms in total. The molecule has 0 spiro atoms. The van der Waals surface area contributed by atoms with Gasteiger partial charge in [-0.3, -0.25) is 0 Å². The molecule has 54 heavy (non-hydrogen) atoms. The van der Waals surface area contributed by atoms with Gasteiger partial charge in [0.15, 0.2) is 6.79 Å². The molecule has 0 heterocycles. The quantitative estimate of drug-likeness (QED) is 0.115. The molecule has 6 rings (SSSR count). The van der Waals surface area contributed by atoms with Crippen molar-refractivity contribution >= 4 is 8.32 Å². The number of methoxy groups -OCH3 is 2. The number of rotatable bonds is 8. The molecule has 0 amide bonds. The van der Waals surface area contributed by atoms with Crippen LogP contribution in [0, 0.1) is 20.8 Å². The molecule has 0 radical (unpaired) electrons. The van der Waals surface area contributed by atoms with Gasteiger partial charge < -0.3 is 23.4 Å². The van der Waals surface area contributed by atoms with E-state index in [9.17, 15) is 0 Å². The van der Waals surface area contributed by atoms with Crippen molar-refractivity contribution in [1.29, 1.82) is 0 Å². The molecule has 0 aliphatic rings. The van der Waals surface area contributed by atoms with Gasteiger partial charge in [-0.05, 0) is 99.6 Å². The van der Waals surface area contributed by atoms with Crippen LogP contribution < -0.4 is 18.6 Å². The van der Waals surface area contributed by atoms with E-state index in [1.54, 1.807) is 14.2 Å². The number of aryl methyl sites for hydroxylation is 3. The van der Waals surface area contributed by atoms with Gasteiger partial charge in [0, 0.05) is 7.11 Å². The lowest BCUT2D eigenvalue weighted by Gasteiger charge is -2.36. The average molecular weight is 745 g/mol. The van der Waals surface area contributed by atoms with E-state index in [0.29, 0.717) is 6.79 Å². The first-order valence-corrected chi connectivity index (χ1v) is 21.1. The van der Waals surface area contributed by atoms with Crippen LogP contribution in [0.3, 0.4) is 0 Å². The van der Waals surface area contributed by atoms with Gasteiger partial charge in [-0.25, -0.2) is 0 Å². The minimum Gasteiger partial charge on any atom is -0.544 e. The molecule has 0 aliphatic heterocycles. The summed E-state index contributed by atoms with van der Waals surface area (Å²) in [4.78, 5) is 0. The standard InChI is InChI=1S/C12H20OSi.C12H10O.C9H12.C8H10O2.C7H8O/c1-12(2,3)14(4,5)13-11-9-7-6-8-10-11;1-3-7-11(8-4-1)13-12-9-5-2-6-10-12;1-7-4-8(2)6-9(3)5-7;1-9-7-10-8-5-3-2-4-6-8;1-8-7-5-3-2-4-6-7/h6-10H,1-5H3;1-10H;4-6H,1-3H3;2-6H,7H2,1H3;2-6H,1H3. The molecule has 6 aromatic carbocycles. The summed E-state index contributed by atoms with van der Waals surface area (Å²) in [5, 5.41) is 0.267. The largest absolute Gasteiger partial charge is 0.544 e. The molecule has 6 aromatic rings. The SMILES string of the molecule is CC(C)(C)[Si](C)(C)Oc1ccccc1.COCOc1ccccc1.COc1ccccc1.Cc1cc(C)cc(C)c1.c1ccc(Oc2ccccc2)cc1. The van der Waals surface area contributed by atoms with Crippen molar-refractivity contribution in [1.82, 2.24) is 0 Å². The maximum atomic E-state index is 6.11. The molecule has 0 fully saturated rings. The van der Waals surface area contributed by atoms with Crippen LogP contribution in [-0.4, -0.2) is 29.3 Å². The van der Waals surface area contributed by atoms with Gasteiger partial charge in [-0.2, -0.15) is 0 Å². The predicted octanol–water partition coefficient (Wildman–Crippen LogP) is 13.5. The second-order valence-corrected chi connectivity index (χ2v) is 18.7. The highest BCUT2D eigenvalue weighted by molar-refractivity contribution is 6.74. The van der Waals surface area contributed by atoms with Crippen LogP contribution >= 0.6 is 0 Å². The molecule has 0 aliphatic carbocycles. The van der Waals surface area contributed by atoms with Gasteiger partial charge in [0.25, 0.3) is 0 Å². The summed E-state index contributed by atoms with van der Waals surface area (Å²) in [5.41, 5.74) is 4.06. The Morgan fingerprint density at radius 2 is 0.759 bits per heavy atom. The summed E-state index contributed by atoms with van der Waals surface area (Å²) in [6.45, 7) is 18.0. The lowest BCUT2D eigenvalue weighted by Crippen LogP contribution is -2.43. The van der Waals surface area contributed by atoms with Gasteiger partial charge in [-0.15, -0.1) is 0 Å². The fourth-order valence-corrected chi connectivity index (χ4v) is 5.48. The average Bonchev–Trinajstić information content (AvgIpc) is 3.16. The molecule has 0 bridgehead atoms. The second-order valence-electron chi connectivity index (χ2n) is 13.9. The van der Waals surface area contributed by atoms with Crippen molar-refractivity contribution < 1.29 is 23.4 Å². The summed E-state index contributed by atoms with van der Waals surface area (Å²) in [6.07, 6.45) is 0. The topological polar surface area (TPSA) is 46.2 Å². The zero-order valence-electron chi connectivity index (χ0n) is 33.9. The first-order chi connectivity index (χ1) is 25.8. The van der Waals surface area contributed by atoms with Crippen molar-refractivity contribution in [2.75, 3.05) is 21.0 Å². The number of benzene rings is 6. The highest BCUT2D eigenvalue weighted by Crippen LogP contribution is 2.37. The summed E-state index contributed by atoms with van der Waals surface area (Å²) < 4.78 is 26.5. The van der Waals surface area contributed by atoms with Gasteiger partial charge in [0.05, 0.1) is 7.11 Å². The zero-order chi connectivity index (χ0) is 39.7. The third kappa shape index (κ3) is 19.5. The Balaban J connectivity index is 0.000000237. The molecular formula is C48H60O5Si. The molecule has 0 N–H and O–H groups in total. The van der Waals surface area contributed by atoms with E-state index < -0.39 is 8.32 Å². The van der Waals surface area contributed by atoms with Gasteiger partial charge in [-0.1, -0.05) is 147 Å². The lowest BCUT2D eigenvalue weighted by atomic mass is 10.1. The third-order valence-electron chi connectivity index (χ3n) is 8.08. The molecule has 6 heteroatoms. The van der Waals surface area contributed by atoms with Gasteiger partial charge in [0.1, 0.15) is 28.7 Å². The summed E-state index contributed by atoms with van der Waals surface area (Å²) in [5.74, 6) is 4.48. The van der Waals surface area contributed by atoms with Crippen LogP contribution in [-0.2, 0) is 4.74 Å². The van der Waals surface area contributed by atoms with Crippen LogP contribution in [0.1, 0.15) is 37.5 Å². The van der Waals surface area contributed by atoms with E-state index in [1.165, 1.54) is 16.7 Å². The number of hydrogen-bond acceptors (Lipinski definition) is 5. The van der Waals surface area contributed by atoms with Crippen LogP contribution in [0.15, 0.2) is 170 Å². The molecule has 0 unspecified atom stereocenters. The molecular weight excluding hydrogens is 685 g/mol. The first-order valence-electron chi connectivity index (χ1n) is 18.2. The Bertz CT molecular complexity index is 1700. The van der Waals surface area contributed by atoms with Crippen molar-refractivity contribution in [3.63, 3.8) is 0 Å². The van der Waals surface area contributed by atoms with Crippen LogP contribution in [0.4, 0.5) is 0 Å². The summed E-state index contributed by atoms with van der Waals surface area (Å²) >= 11 is 0. The first kappa shape index (κ1) is 44.9. The third-order valence-corrected chi connectivity index (χ3v) is 12.4. The molecule has 0 saturated carbocycles. The highest BCUT2D eigenvalue weighted by Gasteiger charge is 2.38. The van der Waals surface area contributed by atoms with Crippen molar-refractivity contribution in [2.24, 2.45) is 0 Å². The van der Waals surface area contributed by atoms with Gasteiger partial charge >= 0.3 is 0 Å². The minimum atomic E-state index is -1.65. The Morgan fingerprint density at radius 1 is 0.444 bits per heavy atom. The summed E-state index contributed by atoms with van der Waals surface area (Å²) in [6, 6.07) is 55.4. The van der Waals surface area contributed by atoms with E-state index in [0.717, 1.165) is 28.7 Å². The molecule has 0 atom stereocenters. The van der Waals surface area contributed by atoms with Crippen molar-refractivity contribution in [2.45, 2.75) is 59.7 Å². The van der Waals surface area contributed by atoms with Crippen LogP contribution in [0.25, 0.3) is 0 Å². The fraction of sp³-hybridized carbons (Fsp3) is 0.250. The summed E-state index contributed by atoms with van der Waals surface area (Å²) in [7, 11) is 1.62. The molecule has 286 valence electrons. The Hall–Kier alpha value is -5.30. The maximum absolute atomic E-state index is 6.11. The smallest absolute Gasteiger partial charge is 0.250 e. The number of para-hydroxylation sites is 5. The van der Waals surface area contributed by atoms with E-state index in [4.69, 9.17) is 23.4 Å². The Labute approximate surface area is 326 Å². The van der Waals surface area contributed by atoms with E-state index in [2.05, 4.69) is 72.8 Å². The molecule has 0 saturated heterocycles. The maximum Gasteiger partial charge on any atom is 0.250 e. The second kappa shape index (κ2) is 24.8. The Morgan fingerprint density at radius 3 is 1.06 bits per heavy atom. The van der Waals surface area contributed by atoms with E-state index in [1.807, 2.05) is 152 Å². The zero-order valence-corrected chi connectivity index (χ0v) is 34.9. The predicted molar refractivity (Wildman–Crippen MR) is 230 cm³/mol. The fourth-order valence-electron chi connectivity index (χ4n) is 4.45. The van der Waals surface area contributed by atoms with E-state index >= 15 is 0 Å². The van der Waals surface area contributed by atoms with Gasteiger partial charge in [0.2, 0.25) is 8.32 Å². The van der Waals surface area contributed by atoms with Crippen LogP contribution in [0.5, 0.6) is 28.7 Å². The normalized spacial score (nSPS) is 10.2. The van der Waals surface area contributed by atoms with Crippen molar-refractivity contribution in [3.05, 3.63) is 187 Å². The lowest BCUT2D eigenvalue weighted by molar-refractivity contribution is 0.0511. The minimum absolute atomic E-state index is 0.267. The number of ether oxygens (including phenoxy) is 4. The molecule has 0 aromatic heterocycles. The van der Waals surface area contributed by atoms with Crippen LogP contribution in [0.2, 0.25) is 18.1 Å². The van der Waals surface area contributed by atoms with Crippen molar-refractivity contribution in [3.8, 4) is 28.7 Å².